The molecule has 0 aliphatic rings. The minimum atomic E-state index is -0.575. The molecule has 0 aromatic carbocycles. The van der Waals surface area contributed by atoms with Crippen molar-refractivity contribution < 1.29 is 14.0 Å². The highest BCUT2D eigenvalue weighted by Gasteiger charge is 2.25. The summed E-state index contributed by atoms with van der Waals surface area (Å²) in [7, 11) is 1.81. The number of hydrogen-bond donors (Lipinski definition) is 3. The number of nitrogens with one attached hydrogen (secondary N) is 3. The van der Waals surface area contributed by atoms with Gasteiger partial charge in [-0.3, -0.25) is 9.59 Å². The number of likely N-dealkylation sites (N-methyl/N-ethyl adjacent to an activating group) is 1. The second kappa shape index (κ2) is 7.58. The van der Waals surface area contributed by atoms with Crippen molar-refractivity contribution >= 4 is 11.8 Å². The number of amides is 2. The van der Waals surface area contributed by atoms with Gasteiger partial charge in [-0.05, 0) is 25.1 Å². The molecule has 1 aromatic rings. The molecule has 106 valence electrons. The fourth-order valence-electron chi connectivity index (χ4n) is 1.58. The van der Waals surface area contributed by atoms with Crippen molar-refractivity contribution in [1.82, 2.24) is 16.0 Å². The maximum atomic E-state index is 12.0. The molecule has 0 saturated carbocycles. The Morgan fingerprint density at radius 2 is 2.05 bits per heavy atom. The van der Waals surface area contributed by atoms with Crippen LogP contribution in [0.15, 0.2) is 22.8 Å². The van der Waals surface area contributed by atoms with Crippen LogP contribution in [0, 0.1) is 5.92 Å². The molecule has 2 amide bonds. The summed E-state index contributed by atoms with van der Waals surface area (Å²) in [5.74, 6) is -0.375. The van der Waals surface area contributed by atoms with E-state index in [0.717, 1.165) is 0 Å². The van der Waals surface area contributed by atoms with Crippen LogP contribution < -0.4 is 16.0 Å². The molecule has 1 rings (SSSR count). The Hall–Kier alpha value is -1.82. The average Bonchev–Trinajstić information content (AvgIpc) is 2.89. The Kier molecular flexibility index (Phi) is 6.08. The molecule has 6 nitrogen and oxygen atoms in total. The summed E-state index contributed by atoms with van der Waals surface area (Å²) in [4.78, 5) is 23.8. The minimum absolute atomic E-state index is 0.00602. The molecule has 0 fully saturated rings. The van der Waals surface area contributed by atoms with Crippen LogP contribution in [0.1, 0.15) is 24.4 Å². The molecule has 0 aliphatic heterocycles. The zero-order chi connectivity index (χ0) is 14.3. The Morgan fingerprint density at radius 3 is 2.58 bits per heavy atom. The molecule has 0 spiro atoms. The smallest absolute Gasteiger partial charge is 0.287 e. The van der Waals surface area contributed by atoms with Crippen molar-refractivity contribution in [3.05, 3.63) is 24.2 Å². The first kappa shape index (κ1) is 15.2. The Morgan fingerprint density at radius 1 is 1.32 bits per heavy atom. The van der Waals surface area contributed by atoms with E-state index in [2.05, 4.69) is 16.0 Å². The van der Waals surface area contributed by atoms with Gasteiger partial charge < -0.3 is 20.4 Å². The highest BCUT2D eigenvalue weighted by molar-refractivity contribution is 5.95. The molecular weight excluding hydrogens is 246 g/mol. The topological polar surface area (TPSA) is 83.4 Å². The van der Waals surface area contributed by atoms with Crippen LogP contribution in [0.25, 0.3) is 0 Å². The quantitative estimate of drug-likeness (QED) is 0.623. The van der Waals surface area contributed by atoms with Gasteiger partial charge in [0.15, 0.2) is 5.76 Å². The van der Waals surface area contributed by atoms with Crippen molar-refractivity contribution in [2.75, 3.05) is 20.1 Å². The van der Waals surface area contributed by atoms with Crippen LogP contribution in [-0.2, 0) is 4.79 Å². The van der Waals surface area contributed by atoms with E-state index in [9.17, 15) is 9.59 Å². The van der Waals surface area contributed by atoms with Gasteiger partial charge in [0.1, 0.15) is 6.04 Å². The second-order valence-corrected chi connectivity index (χ2v) is 4.57. The first-order valence-electron chi connectivity index (χ1n) is 6.33. The lowest BCUT2D eigenvalue weighted by Crippen LogP contribution is -2.50. The van der Waals surface area contributed by atoms with Crippen molar-refractivity contribution in [2.45, 2.75) is 19.9 Å². The second-order valence-electron chi connectivity index (χ2n) is 4.57. The Balaban J connectivity index is 2.57. The maximum Gasteiger partial charge on any atom is 0.287 e. The average molecular weight is 267 g/mol. The summed E-state index contributed by atoms with van der Waals surface area (Å²) in [5.41, 5.74) is 0. The van der Waals surface area contributed by atoms with Crippen LogP contribution in [0.2, 0.25) is 0 Å². The number of furan rings is 1. The van der Waals surface area contributed by atoms with Gasteiger partial charge in [-0.25, -0.2) is 0 Å². The van der Waals surface area contributed by atoms with Crippen LogP contribution in [0.5, 0.6) is 0 Å². The third kappa shape index (κ3) is 4.75. The van der Waals surface area contributed by atoms with E-state index in [1.165, 1.54) is 6.26 Å². The van der Waals surface area contributed by atoms with Crippen LogP contribution in [0.3, 0.4) is 0 Å². The van der Waals surface area contributed by atoms with Gasteiger partial charge in [0.25, 0.3) is 5.91 Å². The zero-order valence-corrected chi connectivity index (χ0v) is 11.5. The van der Waals surface area contributed by atoms with Gasteiger partial charge in [-0.1, -0.05) is 13.8 Å². The lowest BCUT2D eigenvalue weighted by molar-refractivity contribution is -0.123. The monoisotopic (exact) mass is 267 g/mol. The molecule has 0 radical (unpaired) electrons. The molecule has 1 unspecified atom stereocenters. The van der Waals surface area contributed by atoms with Crippen LogP contribution >= 0.6 is 0 Å². The van der Waals surface area contributed by atoms with Crippen LogP contribution in [0.4, 0.5) is 0 Å². The fourth-order valence-corrected chi connectivity index (χ4v) is 1.58. The standard InChI is InChI=1S/C13H21N3O3/c1-9(2)11(13(18)15-7-6-14-3)16-12(17)10-5-4-8-19-10/h4-5,8-9,11,14H,6-7H2,1-3H3,(H,15,18)(H,16,17). The van der Waals surface area contributed by atoms with Crippen molar-refractivity contribution in [3.8, 4) is 0 Å². The molecule has 0 bridgehead atoms. The summed E-state index contributed by atoms with van der Waals surface area (Å²) in [5, 5.41) is 8.39. The molecule has 1 aromatic heterocycles. The molecule has 6 heteroatoms. The molecule has 3 N–H and O–H groups in total. The van der Waals surface area contributed by atoms with Crippen molar-refractivity contribution in [2.24, 2.45) is 5.92 Å². The Bertz CT molecular complexity index is 401. The van der Waals surface area contributed by atoms with Gasteiger partial charge in [0, 0.05) is 13.1 Å². The molecule has 19 heavy (non-hydrogen) atoms. The van der Waals surface area contributed by atoms with Gasteiger partial charge in [0.2, 0.25) is 5.91 Å². The predicted octanol–water partition coefficient (Wildman–Crippen LogP) is 0.370. The van der Waals surface area contributed by atoms with Crippen molar-refractivity contribution in [3.63, 3.8) is 0 Å². The van der Waals surface area contributed by atoms with Crippen molar-refractivity contribution in [1.29, 1.82) is 0 Å². The van der Waals surface area contributed by atoms with Gasteiger partial charge in [-0.15, -0.1) is 0 Å². The summed E-state index contributed by atoms with van der Waals surface area (Å²) >= 11 is 0. The summed E-state index contributed by atoms with van der Waals surface area (Å²) in [6, 6.07) is 2.62. The minimum Gasteiger partial charge on any atom is -0.459 e. The van der Waals surface area contributed by atoms with Crippen LogP contribution in [-0.4, -0.2) is 38.0 Å². The molecule has 1 heterocycles. The van der Waals surface area contributed by atoms with E-state index in [-0.39, 0.29) is 23.5 Å². The molecule has 0 aliphatic carbocycles. The highest BCUT2D eigenvalue weighted by Crippen LogP contribution is 2.05. The van der Waals surface area contributed by atoms with Gasteiger partial charge >= 0.3 is 0 Å². The summed E-state index contributed by atoms with van der Waals surface area (Å²) < 4.78 is 5.00. The van der Waals surface area contributed by atoms with Gasteiger partial charge in [-0.2, -0.15) is 0 Å². The lowest BCUT2D eigenvalue weighted by Gasteiger charge is -2.21. The third-order valence-electron chi connectivity index (χ3n) is 2.65. The summed E-state index contributed by atoms with van der Waals surface area (Å²) in [6.45, 7) is 4.97. The molecular formula is C13H21N3O3. The number of carbonyl (C=O) groups is 2. The van der Waals surface area contributed by atoms with E-state index in [1.54, 1.807) is 12.1 Å². The highest BCUT2D eigenvalue weighted by atomic mass is 16.3. The first-order valence-corrected chi connectivity index (χ1v) is 6.33. The van der Waals surface area contributed by atoms with E-state index in [1.807, 2.05) is 20.9 Å². The maximum absolute atomic E-state index is 12.0. The number of carbonyl (C=O) groups excluding carboxylic acids is 2. The third-order valence-corrected chi connectivity index (χ3v) is 2.65. The number of rotatable bonds is 7. The molecule has 0 saturated heterocycles. The normalized spacial score (nSPS) is 12.2. The zero-order valence-electron chi connectivity index (χ0n) is 11.5. The first-order chi connectivity index (χ1) is 9.06. The Labute approximate surface area is 112 Å². The lowest BCUT2D eigenvalue weighted by atomic mass is 10.0. The summed E-state index contributed by atoms with van der Waals surface area (Å²) in [6.07, 6.45) is 1.42. The van der Waals surface area contributed by atoms with E-state index < -0.39 is 6.04 Å². The predicted molar refractivity (Wildman–Crippen MR) is 71.7 cm³/mol. The largest absolute Gasteiger partial charge is 0.459 e. The molecule has 1 atom stereocenters. The van der Waals surface area contributed by atoms with E-state index in [0.29, 0.717) is 13.1 Å². The van der Waals surface area contributed by atoms with E-state index in [4.69, 9.17) is 4.42 Å². The van der Waals surface area contributed by atoms with E-state index >= 15 is 0 Å². The SMILES string of the molecule is CNCCNC(=O)C(NC(=O)c1ccco1)C(C)C. The van der Waals surface area contributed by atoms with Gasteiger partial charge in [0.05, 0.1) is 6.26 Å². The fraction of sp³-hybridized carbons (Fsp3) is 0.538. The number of hydrogen-bond acceptors (Lipinski definition) is 4.